The lowest BCUT2D eigenvalue weighted by atomic mass is 10.7. The topological polar surface area (TPSA) is 34.9 Å². The lowest BCUT2D eigenvalue weighted by molar-refractivity contribution is 0.0918. The largest absolute Gasteiger partial charge is 0.273 e. The Morgan fingerprint density at radius 1 is 1.45 bits per heavy atom. The first kappa shape index (κ1) is 9.41. The first-order valence-corrected chi connectivity index (χ1v) is 5.02. The van der Waals surface area contributed by atoms with Crippen molar-refractivity contribution < 1.29 is 4.79 Å². The van der Waals surface area contributed by atoms with Crippen LogP contribution in [-0.2, 0) is 0 Å². The molecule has 0 aromatic carbocycles. The summed E-state index contributed by atoms with van der Waals surface area (Å²) < 4.78 is 3.23. The van der Waals surface area contributed by atoms with Crippen molar-refractivity contribution in [2.24, 2.45) is 0 Å². The van der Waals surface area contributed by atoms with Crippen LogP contribution < -0.4 is 0 Å². The second-order valence-electron chi connectivity index (χ2n) is 1.83. The molecule has 1 aromatic rings. The van der Waals surface area contributed by atoms with Gasteiger partial charge in [-0.3, -0.25) is 4.79 Å². The molecular formula is C5H3Br3N2O. The molecule has 0 atom stereocenters. The van der Waals surface area contributed by atoms with Crippen molar-refractivity contribution in [3.05, 3.63) is 13.7 Å². The number of carbonyl (C=O) groups is 1. The molecule has 0 aliphatic rings. The fourth-order valence-electron chi connectivity index (χ4n) is 0.562. The second-order valence-corrected chi connectivity index (χ2v) is 4.12. The highest BCUT2D eigenvalue weighted by Gasteiger charge is 2.13. The molecule has 0 bridgehead atoms. The van der Waals surface area contributed by atoms with Crippen LogP contribution in [0.25, 0.3) is 0 Å². The molecule has 0 fully saturated rings. The van der Waals surface area contributed by atoms with Crippen LogP contribution in [0.5, 0.6) is 0 Å². The number of hydrogen-bond acceptors (Lipinski definition) is 2. The van der Waals surface area contributed by atoms with Crippen LogP contribution in [0.3, 0.4) is 0 Å². The van der Waals surface area contributed by atoms with Crippen molar-refractivity contribution in [2.75, 3.05) is 0 Å². The Kier molecular flexibility index (Phi) is 2.88. The minimum atomic E-state index is -0.136. The summed E-state index contributed by atoms with van der Waals surface area (Å²) in [5.41, 5.74) is 0. The van der Waals surface area contributed by atoms with Crippen molar-refractivity contribution in [3.63, 3.8) is 0 Å². The monoisotopic (exact) mass is 344 g/mol. The summed E-state index contributed by atoms with van der Waals surface area (Å²) in [4.78, 5) is 10.9. The maximum Gasteiger partial charge on any atom is 0.244 e. The molecule has 3 nitrogen and oxygen atoms in total. The van der Waals surface area contributed by atoms with Gasteiger partial charge in [0.2, 0.25) is 5.91 Å². The van der Waals surface area contributed by atoms with E-state index in [0.29, 0.717) is 9.21 Å². The number of hydrogen-bond donors (Lipinski definition) is 0. The van der Waals surface area contributed by atoms with Gasteiger partial charge >= 0.3 is 0 Å². The Morgan fingerprint density at radius 3 is 2.18 bits per heavy atom. The van der Waals surface area contributed by atoms with E-state index >= 15 is 0 Å². The Morgan fingerprint density at radius 2 is 2.00 bits per heavy atom. The second kappa shape index (κ2) is 3.37. The first-order chi connectivity index (χ1) is 5.04. The van der Waals surface area contributed by atoms with Gasteiger partial charge in [-0.2, -0.15) is 9.78 Å². The smallest absolute Gasteiger partial charge is 0.244 e. The number of carbonyl (C=O) groups excluding carboxylic acids is 1. The standard InChI is InChI=1S/C5H3Br3N2O/c1-2(11)10-5(8)3(6)4(7)9-10/h1H3. The van der Waals surface area contributed by atoms with Gasteiger partial charge in [-0.25, -0.2) is 0 Å². The number of aromatic nitrogens is 2. The van der Waals surface area contributed by atoms with Crippen LogP contribution in [0.4, 0.5) is 0 Å². The highest BCUT2D eigenvalue weighted by Crippen LogP contribution is 2.29. The average Bonchev–Trinajstić information content (AvgIpc) is 2.17. The van der Waals surface area contributed by atoms with Gasteiger partial charge in [0.15, 0.2) is 0 Å². The van der Waals surface area contributed by atoms with E-state index in [9.17, 15) is 4.79 Å². The first-order valence-electron chi connectivity index (χ1n) is 2.64. The summed E-state index contributed by atoms with van der Waals surface area (Å²) in [7, 11) is 0. The normalized spacial score (nSPS) is 10.2. The van der Waals surface area contributed by atoms with Crippen molar-refractivity contribution in [1.82, 2.24) is 9.78 Å². The Labute approximate surface area is 88.5 Å². The summed E-state index contributed by atoms with van der Waals surface area (Å²) in [6, 6.07) is 0. The van der Waals surface area contributed by atoms with E-state index in [4.69, 9.17) is 0 Å². The minimum absolute atomic E-state index is 0.136. The van der Waals surface area contributed by atoms with Gasteiger partial charge in [-0.05, 0) is 47.8 Å². The van der Waals surface area contributed by atoms with Crippen molar-refractivity contribution in [3.8, 4) is 0 Å². The number of nitrogens with zero attached hydrogens (tertiary/aromatic N) is 2. The molecule has 0 saturated heterocycles. The van der Waals surface area contributed by atoms with E-state index in [1.165, 1.54) is 11.6 Å². The van der Waals surface area contributed by atoms with Gasteiger partial charge in [0.1, 0.15) is 9.21 Å². The van der Waals surface area contributed by atoms with E-state index < -0.39 is 0 Å². The van der Waals surface area contributed by atoms with E-state index in [0.717, 1.165) is 4.47 Å². The molecule has 1 rings (SSSR count). The molecular weight excluding hydrogens is 344 g/mol. The quantitative estimate of drug-likeness (QED) is 0.724. The van der Waals surface area contributed by atoms with Crippen LogP contribution >= 0.6 is 47.8 Å². The van der Waals surface area contributed by atoms with E-state index in [1.54, 1.807) is 0 Å². The van der Waals surface area contributed by atoms with Crippen molar-refractivity contribution >= 4 is 53.7 Å². The maximum atomic E-state index is 10.9. The van der Waals surface area contributed by atoms with Crippen LogP contribution in [-0.4, -0.2) is 15.7 Å². The third-order valence-electron chi connectivity index (χ3n) is 1.03. The predicted octanol–water partition coefficient (Wildman–Crippen LogP) is 2.83. The third-order valence-corrected chi connectivity index (χ3v) is 4.14. The molecule has 0 aliphatic carbocycles. The lowest BCUT2D eigenvalue weighted by Gasteiger charge is -1.93. The molecule has 0 radical (unpaired) electrons. The number of rotatable bonds is 0. The van der Waals surface area contributed by atoms with E-state index in [-0.39, 0.29) is 5.91 Å². The van der Waals surface area contributed by atoms with Gasteiger partial charge < -0.3 is 0 Å². The van der Waals surface area contributed by atoms with E-state index in [1.807, 2.05) is 0 Å². The van der Waals surface area contributed by atoms with Gasteiger partial charge in [0.05, 0.1) is 4.47 Å². The Hall–Kier alpha value is 0.320. The average molecular weight is 347 g/mol. The lowest BCUT2D eigenvalue weighted by Crippen LogP contribution is -2.07. The molecule has 6 heteroatoms. The van der Waals surface area contributed by atoms with Gasteiger partial charge in [-0.15, -0.1) is 0 Å². The van der Waals surface area contributed by atoms with Gasteiger partial charge in [0, 0.05) is 6.92 Å². The molecule has 0 aliphatic heterocycles. The van der Waals surface area contributed by atoms with Crippen molar-refractivity contribution in [2.45, 2.75) is 6.92 Å². The summed E-state index contributed by atoms with van der Waals surface area (Å²) >= 11 is 9.62. The Balaban J connectivity index is 3.29. The van der Waals surface area contributed by atoms with E-state index in [2.05, 4.69) is 52.9 Å². The summed E-state index contributed by atoms with van der Waals surface area (Å²) in [6.45, 7) is 1.44. The maximum absolute atomic E-state index is 10.9. The highest BCUT2D eigenvalue weighted by molar-refractivity contribution is 9.14. The van der Waals surface area contributed by atoms with Gasteiger partial charge in [0.25, 0.3) is 0 Å². The molecule has 1 aromatic heterocycles. The molecule has 0 saturated carbocycles. The fraction of sp³-hybridized carbons (Fsp3) is 0.200. The predicted molar refractivity (Wildman–Crippen MR) is 51.6 cm³/mol. The summed E-state index contributed by atoms with van der Waals surface area (Å²) in [6.07, 6.45) is 0. The van der Waals surface area contributed by atoms with Crippen molar-refractivity contribution in [1.29, 1.82) is 0 Å². The molecule has 1 heterocycles. The van der Waals surface area contributed by atoms with Crippen LogP contribution in [0.2, 0.25) is 0 Å². The SMILES string of the molecule is CC(=O)n1nc(Br)c(Br)c1Br. The Bertz CT molecular complexity index is 307. The molecule has 0 N–H and O–H groups in total. The summed E-state index contributed by atoms with van der Waals surface area (Å²) in [5.74, 6) is -0.136. The molecule has 11 heavy (non-hydrogen) atoms. The zero-order valence-corrected chi connectivity index (χ0v) is 10.2. The summed E-state index contributed by atoms with van der Waals surface area (Å²) in [5, 5.41) is 3.90. The molecule has 0 amide bonds. The molecule has 0 spiro atoms. The zero-order chi connectivity index (χ0) is 8.59. The van der Waals surface area contributed by atoms with Gasteiger partial charge in [-0.1, -0.05) is 0 Å². The molecule has 0 unspecified atom stereocenters. The molecule has 60 valence electrons. The van der Waals surface area contributed by atoms with Crippen LogP contribution in [0.1, 0.15) is 11.7 Å². The number of halogens is 3. The van der Waals surface area contributed by atoms with Crippen LogP contribution in [0, 0.1) is 0 Å². The minimum Gasteiger partial charge on any atom is -0.273 e. The highest BCUT2D eigenvalue weighted by atomic mass is 79.9. The zero-order valence-electron chi connectivity index (χ0n) is 5.44. The van der Waals surface area contributed by atoms with Crippen LogP contribution in [0.15, 0.2) is 13.7 Å². The fourth-order valence-corrected chi connectivity index (χ4v) is 1.94. The third kappa shape index (κ3) is 1.73.